The Kier molecular flexibility index (Phi) is 7.19. The Hall–Kier alpha value is -2.91. The molecular weight excluding hydrogens is 473 g/mol. The van der Waals surface area contributed by atoms with E-state index in [9.17, 15) is 9.90 Å². The Bertz CT molecular complexity index is 1260. The number of nitrogens with one attached hydrogen (secondary N) is 1. The zero-order valence-electron chi connectivity index (χ0n) is 20.3. The van der Waals surface area contributed by atoms with E-state index in [0.29, 0.717) is 41.3 Å². The number of anilines is 1. The van der Waals surface area contributed by atoms with E-state index in [1.54, 1.807) is 26.2 Å². The van der Waals surface area contributed by atoms with E-state index >= 15 is 4.39 Å². The maximum atomic E-state index is 15.4. The maximum absolute atomic E-state index is 15.4. The van der Waals surface area contributed by atoms with E-state index in [1.807, 2.05) is 18.2 Å². The van der Waals surface area contributed by atoms with Crippen molar-refractivity contribution in [2.75, 3.05) is 5.73 Å². The molecule has 0 bridgehead atoms. The predicted molar refractivity (Wildman–Crippen MR) is 133 cm³/mol. The molecule has 2 heterocycles. The van der Waals surface area contributed by atoms with Gasteiger partial charge in [0.25, 0.3) is 5.91 Å². The summed E-state index contributed by atoms with van der Waals surface area (Å²) >= 11 is 6.31. The van der Waals surface area contributed by atoms with Crippen molar-refractivity contribution in [3.05, 3.63) is 51.9 Å². The van der Waals surface area contributed by atoms with Crippen LogP contribution in [0.2, 0.25) is 5.02 Å². The van der Waals surface area contributed by atoms with Crippen LogP contribution in [0, 0.1) is 12.7 Å². The minimum atomic E-state index is -0.862. The predicted octanol–water partition coefficient (Wildman–Crippen LogP) is 4.38. The highest BCUT2D eigenvalue weighted by Gasteiger charge is 2.32. The van der Waals surface area contributed by atoms with Crippen LogP contribution in [0.4, 0.5) is 10.2 Å². The standard InChI is InChI=1S/C25H31ClFN5O3/c1-12(2)35-22-15(13(3)24-30-14(4)21-23(28)29-9-10-32(21)24)11-16(26)20(27)19(22)25(34)31-17-7-5-6-8-18(17)33/h9-13,17-18,33H,5-8H2,1-4H3,(H2,28,29)(H,31,34)/t13-,17-,18+/m0/s1. The Morgan fingerprint density at radius 3 is 2.74 bits per heavy atom. The minimum Gasteiger partial charge on any atom is -0.490 e. The molecule has 10 heteroatoms. The number of carbonyl (C=O) groups excluding carboxylic acids is 1. The number of nitrogen functional groups attached to an aromatic ring is 1. The van der Waals surface area contributed by atoms with Crippen LogP contribution in [0.5, 0.6) is 5.75 Å². The number of hydrogen-bond acceptors (Lipinski definition) is 6. The van der Waals surface area contributed by atoms with E-state index in [1.165, 1.54) is 6.07 Å². The van der Waals surface area contributed by atoms with Gasteiger partial charge in [0.2, 0.25) is 0 Å². The molecule has 1 aliphatic carbocycles. The van der Waals surface area contributed by atoms with Crippen molar-refractivity contribution >= 4 is 28.8 Å². The molecule has 3 atom stereocenters. The van der Waals surface area contributed by atoms with Crippen LogP contribution in [-0.2, 0) is 0 Å². The lowest BCUT2D eigenvalue weighted by Crippen LogP contribution is -2.45. The van der Waals surface area contributed by atoms with Gasteiger partial charge in [0, 0.05) is 23.9 Å². The third-order valence-corrected chi connectivity index (χ3v) is 6.74. The zero-order valence-corrected chi connectivity index (χ0v) is 21.1. The van der Waals surface area contributed by atoms with Crippen LogP contribution in [-0.4, -0.2) is 43.6 Å². The van der Waals surface area contributed by atoms with Gasteiger partial charge in [-0.15, -0.1) is 0 Å². The molecule has 0 aliphatic heterocycles. The number of amides is 1. The molecule has 4 N–H and O–H groups in total. The summed E-state index contributed by atoms with van der Waals surface area (Å²) in [5.41, 5.74) is 7.69. The van der Waals surface area contributed by atoms with Crippen molar-refractivity contribution in [3.63, 3.8) is 0 Å². The first kappa shape index (κ1) is 25.2. The molecule has 1 fully saturated rings. The van der Waals surface area contributed by atoms with E-state index < -0.39 is 29.8 Å². The van der Waals surface area contributed by atoms with Gasteiger partial charge in [-0.2, -0.15) is 0 Å². The molecule has 2 aromatic heterocycles. The number of rotatable bonds is 6. The molecule has 0 saturated heterocycles. The Balaban J connectivity index is 1.84. The summed E-state index contributed by atoms with van der Waals surface area (Å²) in [6.45, 7) is 7.32. The first-order valence-electron chi connectivity index (χ1n) is 11.9. The summed E-state index contributed by atoms with van der Waals surface area (Å²) in [6, 6.07) is 1.02. The van der Waals surface area contributed by atoms with Crippen LogP contribution in [0.25, 0.3) is 5.52 Å². The number of aromatic nitrogens is 3. The third kappa shape index (κ3) is 4.79. The second kappa shape index (κ2) is 9.99. The highest BCUT2D eigenvalue weighted by molar-refractivity contribution is 6.31. The van der Waals surface area contributed by atoms with E-state index in [2.05, 4.69) is 10.3 Å². The van der Waals surface area contributed by atoms with Gasteiger partial charge < -0.3 is 20.9 Å². The summed E-state index contributed by atoms with van der Waals surface area (Å²) in [4.78, 5) is 22.2. The Morgan fingerprint density at radius 1 is 1.34 bits per heavy atom. The largest absolute Gasteiger partial charge is 0.490 e. The summed E-state index contributed by atoms with van der Waals surface area (Å²) in [5.74, 6) is -0.892. The zero-order chi connectivity index (χ0) is 25.4. The smallest absolute Gasteiger partial charge is 0.258 e. The number of nitrogens with zero attached hydrogens (tertiary/aromatic N) is 3. The number of aryl methyl sites for hydroxylation is 1. The molecule has 35 heavy (non-hydrogen) atoms. The molecule has 1 aromatic carbocycles. The van der Waals surface area contributed by atoms with Gasteiger partial charge in [0.05, 0.1) is 29.0 Å². The van der Waals surface area contributed by atoms with Crippen LogP contribution >= 0.6 is 11.6 Å². The molecule has 0 unspecified atom stereocenters. The van der Waals surface area contributed by atoms with Crippen molar-refractivity contribution in [3.8, 4) is 5.75 Å². The number of fused-ring (bicyclic) bond motifs is 1. The topological polar surface area (TPSA) is 115 Å². The lowest BCUT2D eigenvalue weighted by molar-refractivity contribution is 0.0710. The van der Waals surface area contributed by atoms with Crippen molar-refractivity contribution in [1.82, 2.24) is 19.7 Å². The quantitative estimate of drug-likeness (QED) is 0.459. The fourth-order valence-electron chi connectivity index (χ4n) is 4.75. The fourth-order valence-corrected chi connectivity index (χ4v) is 4.96. The first-order valence-corrected chi connectivity index (χ1v) is 12.2. The molecule has 1 aliphatic rings. The second-order valence-electron chi connectivity index (χ2n) is 9.37. The average Bonchev–Trinajstić information content (AvgIpc) is 3.14. The van der Waals surface area contributed by atoms with Crippen LogP contribution < -0.4 is 15.8 Å². The molecule has 0 radical (unpaired) electrons. The van der Waals surface area contributed by atoms with Crippen molar-refractivity contribution in [2.45, 2.75) is 77.5 Å². The molecule has 8 nitrogen and oxygen atoms in total. The van der Waals surface area contributed by atoms with Gasteiger partial charge in [-0.25, -0.2) is 14.4 Å². The Morgan fingerprint density at radius 2 is 2.06 bits per heavy atom. The monoisotopic (exact) mass is 503 g/mol. The first-order chi connectivity index (χ1) is 16.6. The number of aliphatic hydroxyl groups excluding tert-OH is 1. The van der Waals surface area contributed by atoms with Crippen LogP contribution in [0.15, 0.2) is 18.5 Å². The number of benzene rings is 1. The molecular formula is C25H31ClFN5O3. The van der Waals surface area contributed by atoms with E-state index in [4.69, 9.17) is 27.1 Å². The van der Waals surface area contributed by atoms with E-state index in [0.717, 1.165) is 12.8 Å². The molecule has 188 valence electrons. The summed E-state index contributed by atoms with van der Waals surface area (Å²) in [7, 11) is 0. The fraction of sp³-hybridized carbons (Fsp3) is 0.480. The lowest BCUT2D eigenvalue weighted by Gasteiger charge is -2.29. The van der Waals surface area contributed by atoms with E-state index in [-0.39, 0.29) is 22.4 Å². The van der Waals surface area contributed by atoms with Gasteiger partial charge in [0.1, 0.15) is 28.5 Å². The Labute approximate surface area is 208 Å². The molecule has 1 amide bonds. The van der Waals surface area contributed by atoms with Crippen molar-refractivity contribution in [2.24, 2.45) is 0 Å². The van der Waals surface area contributed by atoms with Gasteiger partial charge in [-0.1, -0.05) is 31.4 Å². The number of aliphatic hydroxyl groups is 1. The number of carbonyl (C=O) groups is 1. The third-order valence-electron chi connectivity index (χ3n) is 6.47. The minimum absolute atomic E-state index is 0.105. The number of imidazole rings is 1. The molecule has 3 aromatic rings. The second-order valence-corrected chi connectivity index (χ2v) is 9.78. The number of halogens is 2. The molecule has 0 spiro atoms. The lowest BCUT2D eigenvalue weighted by atomic mass is 9.91. The van der Waals surface area contributed by atoms with Gasteiger partial charge in [-0.3, -0.25) is 9.20 Å². The summed E-state index contributed by atoms with van der Waals surface area (Å²) < 4.78 is 23.3. The summed E-state index contributed by atoms with van der Waals surface area (Å²) in [6.07, 6.45) is 5.29. The van der Waals surface area contributed by atoms with Gasteiger partial charge in [0.15, 0.2) is 5.82 Å². The number of hydrogen-bond donors (Lipinski definition) is 3. The number of ether oxygens (including phenoxy) is 1. The van der Waals surface area contributed by atoms with Gasteiger partial charge in [-0.05, 0) is 39.7 Å². The number of nitrogens with two attached hydrogens (primary N) is 1. The van der Waals surface area contributed by atoms with Crippen LogP contribution in [0.1, 0.15) is 79.8 Å². The van der Waals surface area contributed by atoms with Crippen molar-refractivity contribution < 1.29 is 19.0 Å². The highest BCUT2D eigenvalue weighted by Crippen LogP contribution is 2.40. The highest BCUT2D eigenvalue weighted by atomic mass is 35.5. The van der Waals surface area contributed by atoms with Crippen LogP contribution in [0.3, 0.4) is 0 Å². The molecule has 4 rings (SSSR count). The van der Waals surface area contributed by atoms with Crippen molar-refractivity contribution in [1.29, 1.82) is 0 Å². The molecule has 1 saturated carbocycles. The van der Waals surface area contributed by atoms with Gasteiger partial charge >= 0.3 is 0 Å². The summed E-state index contributed by atoms with van der Waals surface area (Å²) in [5, 5.41) is 12.9. The maximum Gasteiger partial charge on any atom is 0.258 e. The average molecular weight is 504 g/mol. The SMILES string of the molecule is Cc1nc([C@@H](C)c2cc(Cl)c(F)c(C(=O)N[C@H]3CCCC[C@H]3O)c2OC(C)C)n2ccnc(N)c12. The normalized spacial score (nSPS) is 19.2.